The quantitative estimate of drug-likeness (QED) is 0.772. The maximum absolute atomic E-state index is 13.7. The Kier molecular flexibility index (Phi) is 3.24. The smallest absolute Gasteiger partial charge is 0.338 e. The average Bonchev–Trinajstić information content (AvgIpc) is 2.28. The van der Waals surface area contributed by atoms with Crippen LogP contribution in [-0.4, -0.2) is 17.6 Å². The van der Waals surface area contributed by atoms with Crippen LogP contribution in [0.15, 0.2) is 24.4 Å². The molecule has 2 rings (SSSR count). The zero-order valence-electron chi connectivity index (χ0n) is 9.04. The minimum Gasteiger partial charge on any atom is -0.462 e. The van der Waals surface area contributed by atoms with E-state index in [2.05, 4.69) is 4.98 Å². The van der Waals surface area contributed by atoms with E-state index in [0.717, 1.165) is 6.07 Å². The van der Waals surface area contributed by atoms with Gasteiger partial charge in [0.2, 0.25) is 0 Å². The molecule has 88 valence electrons. The summed E-state index contributed by atoms with van der Waals surface area (Å²) in [5, 5.41) is 0.860. The molecule has 0 bridgehead atoms. The Balaban J connectivity index is 2.57. The number of hydrogen-bond donors (Lipinski definition) is 0. The number of benzene rings is 1. The number of esters is 1. The van der Waals surface area contributed by atoms with Crippen molar-refractivity contribution in [2.45, 2.75) is 6.92 Å². The van der Waals surface area contributed by atoms with Crippen LogP contribution in [0.2, 0.25) is 5.02 Å². The van der Waals surface area contributed by atoms with Crippen molar-refractivity contribution in [1.29, 1.82) is 0 Å². The van der Waals surface area contributed by atoms with Gasteiger partial charge in [-0.2, -0.15) is 0 Å². The van der Waals surface area contributed by atoms with Gasteiger partial charge in [-0.3, -0.25) is 4.98 Å². The molecule has 0 spiro atoms. The Morgan fingerprint density at radius 1 is 1.47 bits per heavy atom. The van der Waals surface area contributed by atoms with Gasteiger partial charge in [0.05, 0.1) is 17.2 Å². The van der Waals surface area contributed by atoms with Crippen LogP contribution in [0.5, 0.6) is 0 Å². The molecule has 0 saturated heterocycles. The molecular weight excluding hydrogens is 245 g/mol. The van der Waals surface area contributed by atoms with Gasteiger partial charge in [-0.15, -0.1) is 0 Å². The van der Waals surface area contributed by atoms with Gasteiger partial charge in [0.1, 0.15) is 11.3 Å². The summed E-state index contributed by atoms with van der Waals surface area (Å²) < 4.78 is 18.5. The molecule has 0 aliphatic heterocycles. The molecule has 0 aliphatic carbocycles. The van der Waals surface area contributed by atoms with Gasteiger partial charge in [-0.25, -0.2) is 9.18 Å². The second-order valence-electron chi connectivity index (χ2n) is 3.40. The summed E-state index contributed by atoms with van der Waals surface area (Å²) in [6, 6.07) is 4.17. The van der Waals surface area contributed by atoms with Gasteiger partial charge in [-0.05, 0) is 25.1 Å². The number of carbonyl (C=O) groups excluding carboxylic acids is 1. The molecule has 0 radical (unpaired) electrons. The van der Waals surface area contributed by atoms with E-state index in [1.54, 1.807) is 13.0 Å². The van der Waals surface area contributed by atoms with Crippen LogP contribution >= 0.6 is 11.6 Å². The highest BCUT2D eigenvalue weighted by molar-refractivity contribution is 6.31. The molecule has 5 heteroatoms. The normalized spacial score (nSPS) is 10.5. The van der Waals surface area contributed by atoms with E-state index in [4.69, 9.17) is 16.3 Å². The van der Waals surface area contributed by atoms with Crippen molar-refractivity contribution in [2.24, 2.45) is 0 Å². The van der Waals surface area contributed by atoms with Crippen LogP contribution < -0.4 is 0 Å². The van der Waals surface area contributed by atoms with E-state index < -0.39 is 11.8 Å². The highest BCUT2D eigenvalue weighted by atomic mass is 35.5. The van der Waals surface area contributed by atoms with Gasteiger partial charge < -0.3 is 4.74 Å². The molecule has 17 heavy (non-hydrogen) atoms. The van der Waals surface area contributed by atoms with Crippen LogP contribution in [0.3, 0.4) is 0 Å². The molecular formula is C12H9ClFNO2. The highest BCUT2D eigenvalue weighted by Gasteiger charge is 2.12. The van der Waals surface area contributed by atoms with Crippen LogP contribution in [0.4, 0.5) is 4.39 Å². The fourth-order valence-electron chi connectivity index (χ4n) is 1.51. The van der Waals surface area contributed by atoms with Gasteiger partial charge in [0.15, 0.2) is 0 Å². The van der Waals surface area contributed by atoms with E-state index in [-0.39, 0.29) is 17.7 Å². The number of hydrogen-bond acceptors (Lipinski definition) is 3. The van der Waals surface area contributed by atoms with Gasteiger partial charge in [0.25, 0.3) is 0 Å². The predicted molar refractivity (Wildman–Crippen MR) is 62.7 cm³/mol. The van der Waals surface area contributed by atoms with Crippen molar-refractivity contribution < 1.29 is 13.9 Å². The molecule has 0 amide bonds. The first-order valence-electron chi connectivity index (χ1n) is 5.03. The maximum atomic E-state index is 13.7. The second-order valence-corrected chi connectivity index (χ2v) is 3.84. The second kappa shape index (κ2) is 4.67. The summed E-state index contributed by atoms with van der Waals surface area (Å²) in [7, 11) is 0. The fraction of sp³-hybridized carbons (Fsp3) is 0.167. The van der Waals surface area contributed by atoms with E-state index in [1.807, 2.05) is 0 Å². The lowest BCUT2D eigenvalue weighted by molar-refractivity contribution is 0.0526. The number of pyridine rings is 1. The molecule has 3 nitrogen and oxygen atoms in total. The van der Waals surface area contributed by atoms with E-state index in [0.29, 0.717) is 10.4 Å². The summed E-state index contributed by atoms with van der Waals surface area (Å²) in [5.74, 6) is -1.13. The number of fused-ring (bicyclic) bond motifs is 1. The van der Waals surface area contributed by atoms with Crippen molar-refractivity contribution in [2.75, 3.05) is 6.61 Å². The lowest BCUT2D eigenvalue weighted by Gasteiger charge is -2.04. The molecule has 0 fully saturated rings. The third-order valence-electron chi connectivity index (χ3n) is 2.21. The topological polar surface area (TPSA) is 39.2 Å². The predicted octanol–water partition coefficient (Wildman–Crippen LogP) is 3.20. The molecule has 0 N–H and O–H groups in total. The van der Waals surface area contributed by atoms with Crippen molar-refractivity contribution in [3.63, 3.8) is 0 Å². The Hall–Kier alpha value is -1.68. The third-order valence-corrected chi connectivity index (χ3v) is 2.42. The molecule has 1 aromatic carbocycles. The molecule has 0 saturated carbocycles. The first-order valence-corrected chi connectivity index (χ1v) is 5.41. The van der Waals surface area contributed by atoms with E-state index >= 15 is 0 Å². The van der Waals surface area contributed by atoms with Crippen molar-refractivity contribution >= 4 is 28.5 Å². The zero-order valence-corrected chi connectivity index (χ0v) is 9.79. The first kappa shape index (κ1) is 11.8. The molecule has 1 aromatic heterocycles. The number of ether oxygens (including phenoxy) is 1. The van der Waals surface area contributed by atoms with Gasteiger partial charge in [0, 0.05) is 11.6 Å². The maximum Gasteiger partial charge on any atom is 0.338 e. The van der Waals surface area contributed by atoms with Crippen LogP contribution in [0, 0.1) is 5.82 Å². The molecule has 0 atom stereocenters. The summed E-state index contributed by atoms with van der Waals surface area (Å²) in [4.78, 5) is 15.4. The number of carbonyl (C=O) groups is 1. The number of nitrogens with zero attached hydrogens (tertiary/aromatic N) is 1. The number of halogens is 2. The summed E-state index contributed by atoms with van der Waals surface area (Å²) >= 11 is 5.76. The molecule has 1 heterocycles. The minimum atomic E-state index is -0.567. The average molecular weight is 254 g/mol. The SMILES string of the molecule is CCOC(=O)c1cc(F)c2ncc(Cl)cc2c1. The standard InChI is InChI=1S/C12H9ClFNO2/c1-2-17-12(16)8-3-7-4-9(13)6-15-11(7)10(14)5-8/h3-6H,2H2,1H3. The largest absolute Gasteiger partial charge is 0.462 e. The molecule has 2 aromatic rings. The Morgan fingerprint density at radius 3 is 2.94 bits per heavy atom. The van der Waals surface area contributed by atoms with Gasteiger partial charge >= 0.3 is 5.97 Å². The Morgan fingerprint density at radius 2 is 2.24 bits per heavy atom. The Bertz CT molecular complexity index is 586. The number of aromatic nitrogens is 1. The minimum absolute atomic E-state index is 0.154. The van der Waals surface area contributed by atoms with E-state index in [1.165, 1.54) is 12.3 Å². The Labute approximate surface area is 102 Å². The summed E-state index contributed by atoms with van der Waals surface area (Å²) in [5.41, 5.74) is 0.336. The van der Waals surface area contributed by atoms with Crippen molar-refractivity contribution in [3.8, 4) is 0 Å². The summed E-state index contributed by atoms with van der Waals surface area (Å²) in [6.07, 6.45) is 1.36. The highest BCUT2D eigenvalue weighted by Crippen LogP contribution is 2.21. The lowest BCUT2D eigenvalue weighted by Crippen LogP contribution is -2.05. The zero-order chi connectivity index (χ0) is 12.4. The number of rotatable bonds is 2. The molecule has 0 unspecified atom stereocenters. The van der Waals surface area contributed by atoms with Crippen molar-refractivity contribution in [3.05, 3.63) is 40.8 Å². The first-order chi connectivity index (χ1) is 8.11. The van der Waals surface area contributed by atoms with Crippen LogP contribution in [-0.2, 0) is 4.74 Å². The molecule has 0 aliphatic rings. The van der Waals surface area contributed by atoms with Crippen molar-refractivity contribution in [1.82, 2.24) is 4.98 Å². The third kappa shape index (κ3) is 2.36. The monoisotopic (exact) mass is 253 g/mol. The lowest BCUT2D eigenvalue weighted by atomic mass is 10.1. The van der Waals surface area contributed by atoms with E-state index in [9.17, 15) is 9.18 Å². The van der Waals surface area contributed by atoms with Crippen LogP contribution in [0.25, 0.3) is 10.9 Å². The summed E-state index contributed by atoms with van der Waals surface area (Å²) in [6.45, 7) is 1.93. The van der Waals surface area contributed by atoms with Crippen LogP contribution in [0.1, 0.15) is 17.3 Å². The van der Waals surface area contributed by atoms with Gasteiger partial charge in [-0.1, -0.05) is 11.6 Å². The fourth-order valence-corrected chi connectivity index (χ4v) is 1.68.